The molecule has 108 valence electrons. The first kappa shape index (κ1) is 14.6. The van der Waals surface area contributed by atoms with Crippen molar-refractivity contribution in [2.24, 2.45) is 0 Å². The molecule has 0 aliphatic carbocycles. The van der Waals surface area contributed by atoms with Crippen molar-refractivity contribution in [2.75, 3.05) is 5.75 Å². The summed E-state index contributed by atoms with van der Waals surface area (Å²) >= 11 is 6.37. The van der Waals surface area contributed by atoms with Gasteiger partial charge in [0.2, 0.25) is 0 Å². The third-order valence-corrected chi connectivity index (χ3v) is 5.21. The van der Waals surface area contributed by atoms with E-state index < -0.39 is 5.97 Å². The fraction of sp³-hybridized carbons (Fsp3) is 0.143. The summed E-state index contributed by atoms with van der Waals surface area (Å²) < 4.78 is 3.03. The SMILES string of the molecule is O=C(O)CSc1nc2cc(Br)ccc2n1Cc1cccs1. The lowest BCUT2D eigenvalue weighted by Gasteiger charge is -2.06. The number of carbonyl (C=O) groups is 1. The van der Waals surface area contributed by atoms with Crippen LogP contribution in [0.15, 0.2) is 45.3 Å². The average Bonchev–Trinajstić information content (AvgIpc) is 3.05. The van der Waals surface area contributed by atoms with Crippen LogP contribution in [0, 0.1) is 0 Å². The molecule has 4 nitrogen and oxygen atoms in total. The van der Waals surface area contributed by atoms with Gasteiger partial charge in [0.05, 0.1) is 23.3 Å². The standard InChI is InChI=1S/C14H11BrN2O2S2/c15-9-3-4-12-11(6-9)16-14(21-8-13(18)19)17(12)7-10-2-1-5-20-10/h1-6H,7-8H2,(H,18,19). The molecule has 21 heavy (non-hydrogen) atoms. The summed E-state index contributed by atoms with van der Waals surface area (Å²) in [6.45, 7) is 0.706. The minimum absolute atomic E-state index is 0.00886. The molecule has 0 spiro atoms. The molecule has 0 bridgehead atoms. The summed E-state index contributed by atoms with van der Waals surface area (Å²) in [5.41, 5.74) is 1.88. The van der Waals surface area contributed by atoms with Gasteiger partial charge in [-0.15, -0.1) is 11.3 Å². The molecular formula is C14H11BrN2O2S2. The van der Waals surface area contributed by atoms with Crippen LogP contribution in [0.4, 0.5) is 0 Å². The van der Waals surface area contributed by atoms with Gasteiger partial charge in [0.15, 0.2) is 5.16 Å². The second kappa shape index (κ2) is 6.21. The Morgan fingerprint density at radius 1 is 1.43 bits per heavy atom. The monoisotopic (exact) mass is 382 g/mol. The van der Waals surface area contributed by atoms with Gasteiger partial charge in [0.25, 0.3) is 0 Å². The highest BCUT2D eigenvalue weighted by Gasteiger charge is 2.13. The Hall–Kier alpha value is -1.31. The number of halogens is 1. The zero-order valence-electron chi connectivity index (χ0n) is 10.8. The van der Waals surface area contributed by atoms with Gasteiger partial charge >= 0.3 is 5.97 Å². The topological polar surface area (TPSA) is 55.1 Å². The van der Waals surface area contributed by atoms with Crippen LogP contribution in [0.1, 0.15) is 4.88 Å². The Bertz CT molecular complexity index is 784. The number of nitrogens with zero attached hydrogens (tertiary/aromatic N) is 2. The summed E-state index contributed by atoms with van der Waals surface area (Å²) in [5.74, 6) is -0.828. The van der Waals surface area contributed by atoms with Crippen molar-refractivity contribution in [2.45, 2.75) is 11.7 Å². The quantitative estimate of drug-likeness (QED) is 0.675. The van der Waals surface area contributed by atoms with Gasteiger partial charge in [-0.3, -0.25) is 4.79 Å². The van der Waals surface area contributed by atoms with Crippen molar-refractivity contribution in [3.63, 3.8) is 0 Å². The lowest BCUT2D eigenvalue weighted by molar-refractivity contribution is -0.133. The summed E-state index contributed by atoms with van der Waals surface area (Å²) in [4.78, 5) is 16.6. The van der Waals surface area contributed by atoms with Gasteiger partial charge in [-0.05, 0) is 29.6 Å². The molecule has 0 atom stereocenters. The van der Waals surface area contributed by atoms with Crippen LogP contribution in [-0.2, 0) is 11.3 Å². The number of carboxylic acids is 1. The lowest BCUT2D eigenvalue weighted by Crippen LogP contribution is -2.03. The highest BCUT2D eigenvalue weighted by Crippen LogP contribution is 2.28. The van der Waals surface area contributed by atoms with Gasteiger partial charge in [-0.25, -0.2) is 4.98 Å². The zero-order chi connectivity index (χ0) is 14.8. The number of imidazole rings is 1. The number of thioether (sulfide) groups is 1. The predicted molar refractivity (Wildman–Crippen MR) is 89.2 cm³/mol. The number of rotatable bonds is 5. The summed E-state index contributed by atoms with van der Waals surface area (Å²) in [7, 11) is 0. The third-order valence-electron chi connectivity index (χ3n) is 2.89. The molecule has 0 fully saturated rings. The normalized spacial score (nSPS) is 11.1. The average molecular weight is 383 g/mol. The summed E-state index contributed by atoms with van der Waals surface area (Å²) in [6, 6.07) is 10.0. The van der Waals surface area contributed by atoms with Crippen LogP contribution in [0.2, 0.25) is 0 Å². The first-order chi connectivity index (χ1) is 10.1. The van der Waals surface area contributed by atoms with E-state index in [9.17, 15) is 4.79 Å². The van der Waals surface area contributed by atoms with E-state index in [-0.39, 0.29) is 5.75 Å². The van der Waals surface area contributed by atoms with Crippen LogP contribution in [0.25, 0.3) is 11.0 Å². The van der Waals surface area contributed by atoms with Crippen LogP contribution in [0.3, 0.4) is 0 Å². The molecule has 0 saturated carbocycles. The van der Waals surface area contributed by atoms with Crippen molar-refractivity contribution in [3.05, 3.63) is 45.1 Å². The molecule has 0 saturated heterocycles. The molecule has 3 aromatic rings. The van der Waals surface area contributed by atoms with Gasteiger partial charge in [0, 0.05) is 9.35 Å². The molecule has 0 aliphatic rings. The number of carboxylic acid groups (broad SMARTS) is 1. The Balaban J connectivity index is 2.03. The molecule has 2 heterocycles. The molecule has 0 amide bonds. The Morgan fingerprint density at radius 3 is 3.00 bits per heavy atom. The number of thiophene rings is 1. The number of fused-ring (bicyclic) bond motifs is 1. The van der Waals surface area contributed by atoms with Crippen LogP contribution in [0.5, 0.6) is 0 Å². The fourth-order valence-corrected chi connectivity index (χ4v) is 3.80. The second-order valence-corrected chi connectivity index (χ2v) is 7.27. The molecule has 0 aliphatic heterocycles. The molecule has 1 N–H and O–H groups in total. The molecule has 1 aromatic carbocycles. The van der Waals surface area contributed by atoms with Crippen molar-refractivity contribution < 1.29 is 9.90 Å². The lowest BCUT2D eigenvalue weighted by atomic mass is 10.3. The predicted octanol–water partition coefficient (Wildman–Crippen LogP) is 4.09. The van der Waals surface area contributed by atoms with E-state index in [0.29, 0.717) is 6.54 Å². The van der Waals surface area contributed by atoms with E-state index in [0.717, 1.165) is 20.7 Å². The maximum absolute atomic E-state index is 10.8. The maximum Gasteiger partial charge on any atom is 0.313 e. The van der Waals surface area contributed by atoms with Gasteiger partial charge in [-0.1, -0.05) is 33.8 Å². The van der Waals surface area contributed by atoms with Crippen molar-refractivity contribution in [1.82, 2.24) is 9.55 Å². The summed E-state index contributed by atoms with van der Waals surface area (Å²) in [6.07, 6.45) is 0. The molecule has 2 aromatic heterocycles. The molecular weight excluding hydrogens is 372 g/mol. The van der Waals surface area contributed by atoms with Crippen LogP contribution in [-0.4, -0.2) is 26.4 Å². The van der Waals surface area contributed by atoms with Crippen LogP contribution < -0.4 is 0 Å². The minimum Gasteiger partial charge on any atom is -0.481 e. The van der Waals surface area contributed by atoms with E-state index in [1.165, 1.54) is 16.6 Å². The second-order valence-electron chi connectivity index (χ2n) is 4.38. The first-order valence-electron chi connectivity index (χ1n) is 6.16. The van der Waals surface area contributed by atoms with Crippen molar-refractivity contribution in [3.8, 4) is 0 Å². The molecule has 0 radical (unpaired) electrons. The number of aliphatic carboxylic acids is 1. The number of hydrogen-bond donors (Lipinski definition) is 1. The number of aromatic nitrogens is 2. The van der Waals surface area contributed by atoms with E-state index >= 15 is 0 Å². The number of hydrogen-bond acceptors (Lipinski definition) is 4. The third kappa shape index (κ3) is 3.30. The Morgan fingerprint density at radius 2 is 2.29 bits per heavy atom. The van der Waals surface area contributed by atoms with Gasteiger partial charge in [0.1, 0.15) is 0 Å². The Kier molecular flexibility index (Phi) is 4.32. The maximum atomic E-state index is 10.8. The van der Waals surface area contributed by atoms with Gasteiger partial charge < -0.3 is 9.67 Å². The smallest absolute Gasteiger partial charge is 0.313 e. The molecule has 7 heteroatoms. The highest BCUT2D eigenvalue weighted by atomic mass is 79.9. The van der Waals surface area contributed by atoms with Crippen molar-refractivity contribution >= 4 is 56.0 Å². The van der Waals surface area contributed by atoms with E-state index in [2.05, 4.69) is 31.5 Å². The largest absolute Gasteiger partial charge is 0.481 e. The highest BCUT2D eigenvalue weighted by molar-refractivity contribution is 9.10. The summed E-state index contributed by atoms with van der Waals surface area (Å²) in [5, 5.41) is 11.6. The van der Waals surface area contributed by atoms with Gasteiger partial charge in [-0.2, -0.15) is 0 Å². The minimum atomic E-state index is -0.837. The van der Waals surface area contributed by atoms with E-state index in [1.807, 2.05) is 29.6 Å². The van der Waals surface area contributed by atoms with E-state index in [4.69, 9.17) is 5.11 Å². The molecule has 0 unspecified atom stereocenters. The Labute approximate surface area is 137 Å². The first-order valence-corrected chi connectivity index (χ1v) is 8.82. The van der Waals surface area contributed by atoms with E-state index in [1.54, 1.807) is 11.3 Å². The number of benzene rings is 1. The van der Waals surface area contributed by atoms with Crippen LogP contribution >= 0.6 is 39.0 Å². The van der Waals surface area contributed by atoms with Crippen molar-refractivity contribution in [1.29, 1.82) is 0 Å². The fourth-order valence-electron chi connectivity index (χ4n) is 2.03. The molecule has 3 rings (SSSR count). The zero-order valence-corrected chi connectivity index (χ0v) is 14.0.